The average Bonchev–Trinajstić information content (AvgIpc) is 2.61. The Morgan fingerprint density at radius 2 is 1.81 bits per heavy atom. The van der Waals surface area contributed by atoms with Gasteiger partial charge in [-0.25, -0.2) is 9.78 Å². The summed E-state index contributed by atoms with van der Waals surface area (Å²) in [5.74, 6) is 0.0683. The molecule has 0 unspecified atom stereocenters. The van der Waals surface area contributed by atoms with Gasteiger partial charge in [0.15, 0.2) is 5.78 Å². The third-order valence-electron chi connectivity index (χ3n) is 3.53. The molecule has 0 saturated heterocycles. The van der Waals surface area contributed by atoms with Gasteiger partial charge in [0, 0.05) is 24.1 Å². The van der Waals surface area contributed by atoms with Gasteiger partial charge >= 0.3 is 6.09 Å². The molecule has 6 heteroatoms. The number of ether oxygens (including phenoxy) is 1. The number of alkyl carbamates (subject to hydrolysis) is 1. The molecule has 2 aromatic rings. The van der Waals surface area contributed by atoms with Crippen molar-refractivity contribution < 1.29 is 14.3 Å². The number of benzene rings is 1. The molecule has 0 aliphatic rings. The first-order valence-corrected chi connectivity index (χ1v) is 9.85. The highest BCUT2D eigenvalue weighted by molar-refractivity contribution is 7.99. The van der Waals surface area contributed by atoms with Crippen LogP contribution in [-0.4, -0.2) is 29.0 Å². The van der Waals surface area contributed by atoms with Crippen molar-refractivity contribution in [3.8, 4) is 0 Å². The zero-order valence-corrected chi connectivity index (χ0v) is 16.8. The fourth-order valence-corrected chi connectivity index (χ4v) is 3.26. The number of carbonyl (C=O) groups excluding carboxylic acids is 2. The highest BCUT2D eigenvalue weighted by Gasteiger charge is 2.16. The molecule has 1 aromatic heterocycles. The summed E-state index contributed by atoms with van der Waals surface area (Å²) in [6.45, 7) is 5.96. The first kappa shape index (κ1) is 21.0. The molecular weight excluding hydrogens is 360 g/mol. The van der Waals surface area contributed by atoms with Gasteiger partial charge in [0.25, 0.3) is 0 Å². The van der Waals surface area contributed by atoms with E-state index < -0.39 is 11.7 Å². The van der Waals surface area contributed by atoms with E-state index in [0.29, 0.717) is 31.4 Å². The second-order valence-corrected chi connectivity index (χ2v) is 8.14. The number of aromatic nitrogens is 1. The minimum absolute atomic E-state index is 0.0683. The van der Waals surface area contributed by atoms with Crippen LogP contribution in [0.15, 0.2) is 58.6 Å². The zero-order chi connectivity index (χ0) is 19.7. The van der Waals surface area contributed by atoms with E-state index in [-0.39, 0.29) is 5.78 Å². The van der Waals surface area contributed by atoms with E-state index in [1.165, 1.54) is 11.8 Å². The summed E-state index contributed by atoms with van der Waals surface area (Å²) in [6.07, 6.45) is 3.10. The van der Waals surface area contributed by atoms with Gasteiger partial charge in [0.05, 0.1) is 5.56 Å². The molecule has 1 amide bonds. The van der Waals surface area contributed by atoms with Gasteiger partial charge in [-0.2, -0.15) is 0 Å². The Kier molecular flexibility index (Phi) is 7.85. The predicted octanol–water partition coefficient (Wildman–Crippen LogP) is 5.11. The van der Waals surface area contributed by atoms with Gasteiger partial charge in [0.2, 0.25) is 0 Å². The van der Waals surface area contributed by atoms with Crippen LogP contribution in [0.3, 0.4) is 0 Å². The number of Topliss-reactive ketones (excluding diaryl/α,β-unsaturated/α-hetero) is 1. The van der Waals surface area contributed by atoms with Gasteiger partial charge in [-0.1, -0.05) is 30.0 Å². The summed E-state index contributed by atoms with van der Waals surface area (Å²) in [7, 11) is 0. The molecular formula is C21H26N2O3S. The summed E-state index contributed by atoms with van der Waals surface area (Å²) >= 11 is 1.49. The minimum atomic E-state index is -0.507. The fraction of sp³-hybridized carbons (Fsp3) is 0.381. The number of rotatable bonds is 8. The smallest absolute Gasteiger partial charge is 0.407 e. The van der Waals surface area contributed by atoms with Crippen LogP contribution >= 0.6 is 11.8 Å². The number of nitrogens with one attached hydrogen (secondary N) is 1. The topological polar surface area (TPSA) is 68.3 Å². The monoisotopic (exact) mass is 386 g/mol. The van der Waals surface area contributed by atoms with E-state index in [2.05, 4.69) is 10.3 Å². The normalized spacial score (nSPS) is 11.1. The van der Waals surface area contributed by atoms with E-state index in [1.54, 1.807) is 12.3 Å². The maximum Gasteiger partial charge on any atom is 0.407 e. The van der Waals surface area contributed by atoms with Crippen LogP contribution in [0.2, 0.25) is 0 Å². The Labute approximate surface area is 164 Å². The third kappa shape index (κ3) is 7.83. The van der Waals surface area contributed by atoms with Gasteiger partial charge in [-0.05, 0) is 57.9 Å². The largest absolute Gasteiger partial charge is 0.444 e. The fourth-order valence-electron chi connectivity index (χ4n) is 2.33. The SMILES string of the molecule is CC(C)(C)OC(=O)NCCCCC(=O)c1cccnc1Sc1ccccc1. The maximum atomic E-state index is 12.6. The van der Waals surface area contributed by atoms with E-state index >= 15 is 0 Å². The lowest BCUT2D eigenvalue weighted by Crippen LogP contribution is -2.33. The van der Waals surface area contributed by atoms with Gasteiger partial charge in [-0.3, -0.25) is 4.79 Å². The summed E-state index contributed by atoms with van der Waals surface area (Å²) in [4.78, 5) is 29.6. The molecule has 144 valence electrons. The zero-order valence-electron chi connectivity index (χ0n) is 16.0. The highest BCUT2D eigenvalue weighted by atomic mass is 32.2. The van der Waals surface area contributed by atoms with Crippen LogP contribution in [0.5, 0.6) is 0 Å². The second kappa shape index (κ2) is 10.1. The number of amides is 1. The Balaban J connectivity index is 1.80. The molecule has 0 spiro atoms. The van der Waals surface area contributed by atoms with Crippen molar-refractivity contribution >= 4 is 23.6 Å². The molecule has 1 aromatic carbocycles. The molecule has 0 aliphatic heterocycles. The molecule has 2 rings (SSSR count). The van der Waals surface area contributed by atoms with Gasteiger partial charge < -0.3 is 10.1 Å². The van der Waals surface area contributed by atoms with Crippen molar-refractivity contribution in [1.29, 1.82) is 0 Å². The van der Waals surface area contributed by atoms with E-state index in [1.807, 2.05) is 57.2 Å². The lowest BCUT2D eigenvalue weighted by atomic mass is 10.1. The van der Waals surface area contributed by atoms with Crippen molar-refractivity contribution in [2.24, 2.45) is 0 Å². The molecule has 1 N–H and O–H groups in total. The number of pyridine rings is 1. The number of carbonyl (C=O) groups is 2. The Bertz CT molecular complexity index is 758. The first-order valence-electron chi connectivity index (χ1n) is 9.03. The number of hydrogen-bond donors (Lipinski definition) is 1. The molecule has 0 bridgehead atoms. The van der Waals surface area contributed by atoms with Crippen molar-refractivity contribution in [2.75, 3.05) is 6.54 Å². The summed E-state index contributed by atoms with van der Waals surface area (Å²) in [5.41, 5.74) is 0.138. The quantitative estimate of drug-likeness (QED) is 0.504. The van der Waals surface area contributed by atoms with Crippen molar-refractivity contribution in [1.82, 2.24) is 10.3 Å². The van der Waals surface area contributed by atoms with Crippen LogP contribution in [0.25, 0.3) is 0 Å². The summed E-state index contributed by atoms with van der Waals surface area (Å²) in [6, 6.07) is 13.5. The van der Waals surface area contributed by atoms with Gasteiger partial charge in [-0.15, -0.1) is 0 Å². The number of ketones is 1. The number of unbranched alkanes of at least 4 members (excludes halogenated alkanes) is 1. The van der Waals surface area contributed by atoms with Crippen molar-refractivity contribution in [3.05, 3.63) is 54.2 Å². The lowest BCUT2D eigenvalue weighted by Gasteiger charge is -2.19. The van der Waals surface area contributed by atoms with E-state index in [4.69, 9.17) is 4.74 Å². The first-order chi connectivity index (χ1) is 12.8. The van der Waals surface area contributed by atoms with Crippen LogP contribution in [0.1, 0.15) is 50.4 Å². The van der Waals surface area contributed by atoms with Crippen molar-refractivity contribution in [2.45, 2.75) is 55.6 Å². The van der Waals surface area contributed by atoms with Gasteiger partial charge in [0.1, 0.15) is 10.6 Å². The van der Waals surface area contributed by atoms with E-state index in [0.717, 1.165) is 9.92 Å². The predicted molar refractivity (Wildman–Crippen MR) is 107 cm³/mol. The molecule has 5 nitrogen and oxygen atoms in total. The van der Waals surface area contributed by atoms with E-state index in [9.17, 15) is 9.59 Å². The van der Waals surface area contributed by atoms with Crippen molar-refractivity contribution in [3.63, 3.8) is 0 Å². The Hall–Kier alpha value is -2.34. The number of hydrogen-bond acceptors (Lipinski definition) is 5. The summed E-state index contributed by atoms with van der Waals surface area (Å²) in [5, 5.41) is 3.43. The molecule has 0 fully saturated rings. The molecule has 0 atom stereocenters. The molecule has 1 heterocycles. The highest BCUT2D eigenvalue weighted by Crippen LogP contribution is 2.29. The molecule has 0 saturated carbocycles. The Morgan fingerprint density at radius 1 is 1.07 bits per heavy atom. The molecule has 0 aliphatic carbocycles. The van der Waals surface area contributed by atoms with Crippen LogP contribution in [0.4, 0.5) is 4.79 Å². The summed E-state index contributed by atoms with van der Waals surface area (Å²) < 4.78 is 5.18. The minimum Gasteiger partial charge on any atom is -0.444 e. The van der Waals surface area contributed by atoms with Crippen LogP contribution < -0.4 is 5.32 Å². The maximum absolute atomic E-state index is 12.6. The van der Waals surface area contributed by atoms with Crippen LogP contribution in [-0.2, 0) is 4.74 Å². The standard InChI is InChI=1S/C21H26N2O3S/c1-21(2,3)26-20(25)23-14-8-7-13-18(24)17-12-9-15-22-19(17)27-16-10-5-4-6-11-16/h4-6,9-12,15H,7-8,13-14H2,1-3H3,(H,23,25). The van der Waals surface area contributed by atoms with Crippen LogP contribution in [0, 0.1) is 0 Å². The third-order valence-corrected chi connectivity index (χ3v) is 4.55. The number of nitrogens with zero attached hydrogens (tertiary/aromatic N) is 1. The average molecular weight is 387 g/mol. The molecule has 27 heavy (non-hydrogen) atoms. The second-order valence-electron chi connectivity index (χ2n) is 7.08. The lowest BCUT2D eigenvalue weighted by molar-refractivity contribution is 0.0527. The molecule has 0 radical (unpaired) electrons. The Morgan fingerprint density at radius 3 is 2.52 bits per heavy atom.